The molecular weight excluding hydrogens is 221 g/mol. The summed E-state index contributed by atoms with van der Waals surface area (Å²) in [6, 6.07) is 0. The standard InChI is InChI=1S/C10H13F3N2O/c1-7-8(6-15(2)14-7)9(16)4-3-5-10(11,12)13/h6H,3-5H2,1-2H3. The van der Waals surface area contributed by atoms with E-state index >= 15 is 0 Å². The van der Waals surface area contributed by atoms with Gasteiger partial charge in [0.15, 0.2) is 5.78 Å². The third kappa shape index (κ3) is 3.67. The number of carbonyl (C=O) groups is 1. The van der Waals surface area contributed by atoms with Gasteiger partial charge in [-0.3, -0.25) is 9.48 Å². The van der Waals surface area contributed by atoms with Crippen LogP contribution >= 0.6 is 0 Å². The van der Waals surface area contributed by atoms with Crippen molar-refractivity contribution in [2.45, 2.75) is 32.4 Å². The van der Waals surface area contributed by atoms with Crippen LogP contribution in [0.25, 0.3) is 0 Å². The van der Waals surface area contributed by atoms with Crippen molar-refractivity contribution in [3.8, 4) is 0 Å². The monoisotopic (exact) mass is 234 g/mol. The van der Waals surface area contributed by atoms with Crippen LogP contribution in [-0.4, -0.2) is 21.7 Å². The van der Waals surface area contributed by atoms with Crippen LogP contribution in [0.15, 0.2) is 6.20 Å². The molecule has 0 saturated carbocycles. The lowest BCUT2D eigenvalue weighted by molar-refractivity contribution is -0.135. The molecular formula is C10H13F3N2O. The number of aryl methyl sites for hydroxylation is 2. The van der Waals surface area contributed by atoms with Gasteiger partial charge in [-0.15, -0.1) is 0 Å². The van der Waals surface area contributed by atoms with Crippen LogP contribution in [0.3, 0.4) is 0 Å². The van der Waals surface area contributed by atoms with Gasteiger partial charge in [-0.2, -0.15) is 18.3 Å². The minimum atomic E-state index is -4.19. The number of halogens is 3. The first-order valence-corrected chi connectivity index (χ1v) is 4.90. The predicted octanol–water partition coefficient (Wildman–Crippen LogP) is 2.64. The van der Waals surface area contributed by atoms with Crippen molar-refractivity contribution in [1.29, 1.82) is 0 Å². The Morgan fingerprint density at radius 1 is 1.50 bits per heavy atom. The minimum absolute atomic E-state index is 0.0912. The van der Waals surface area contributed by atoms with Crippen molar-refractivity contribution in [2.75, 3.05) is 0 Å². The number of alkyl halides is 3. The minimum Gasteiger partial charge on any atom is -0.294 e. The van der Waals surface area contributed by atoms with Crippen LogP contribution in [-0.2, 0) is 7.05 Å². The van der Waals surface area contributed by atoms with Gasteiger partial charge in [-0.05, 0) is 13.3 Å². The number of hydrogen-bond acceptors (Lipinski definition) is 2. The van der Waals surface area contributed by atoms with Gasteiger partial charge in [0.25, 0.3) is 0 Å². The second-order valence-corrected chi connectivity index (χ2v) is 3.69. The van der Waals surface area contributed by atoms with Gasteiger partial charge in [0.1, 0.15) is 0 Å². The maximum Gasteiger partial charge on any atom is 0.389 e. The third-order valence-electron chi connectivity index (χ3n) is 2.18. The molecule has 0 fully saturated rings. The molecule has 0 atom stereocenters. The molecule has 90 valence electrons. The summed E-state index contributed by atoms with van der Waals surface area (Å²) in [6.07, 6.45) is -3.84. The Balaban J connectivity index is 2.51. The Labute approximate surface area is 91.3 Å². The molecule has 6 heteroatoms. The van der Waals surface area contributed by atoms with E-state index in [0.29, 0.717) is 11.3 Å². The normalized spacial score (nSPS) is 11.8. The quantitative estimate of drug-likeness (QED) is 0.750. The molecule has 1 heterocycles. The fourth-order valence-corrected chi connectivity index (χ4v) is 1.46. The van der Waals surface area contributed by atoms with E-state index in [2.05, 4.69) is 5.10 Å². The molecule has 0 saturated heterocycles. The summed E-state index contributed by atoms with van der Waals surface area (Å²) in [7, 11) is 1.67. The maximum atomic E-state index is 11.9. The molecule has 1 rings (SSSR count). The molecule has 0 unspecified atom stereocenters. The van der Waals surface area contributed by atoms with Gasteiger partial charge in [0.05, 0.1) is 11.3 Å². The highest BCUT2D eigenvalue weighted by atomic mass is 19.4. The number of rotatable bonds is 4. The zero-order chi connectivity index (χ0) is 12.3. The van der Waals surface area contributed by atoms with E-state index in [1.165, 1.54) is 10.9 Å². The lowest BCUT2D eigenvalue weighted by Crippen LogP contribution is -2.08. The van der Waals surface area contributed by atoms with Crippen LogP contribution in [0, 0.1) is 6.92 Å². The highest BCUT2D eigenvalue weighted by Crippen LogP contribution is 2.23. The lowest BCUT2D eigenvalue weighted by atomic mass is 10.1. The highest BCUT2D eigenvalue weighted by molar-refractivity contribution is 5.96. The summed E-state index contributed by atoms with van der Waals surface area (Å²) in [6.45, 7) is 1.66. The Bertz CT molecular complexity index is 382. The number of aromatic nitrogens is 2. The number of ketones is 1. The van der Waals surface area contributed by atoms with Crippen molar-refractivity contribution < 1.29 is 18.0 Å². The summed E-state index contributed by atoms with van der Waals surface area (Å²) in [5, 5.41) is 3.96. The van der Waals surface area contributed by atoms with Gasteiger partial charge in [0.2, 0.25) is 0 Å². The van der Waals surface area contributed by atoms with Crippen LogP contribution in [0.1, 0.15) is 35.3 Å². The smallest absolute Gasteiger partial charge is 0.294 e. The van der Waals surface area contributed by atoms with Crippen LogP contribution in [0.4, 0.5) is 13.2 Å². The van der Waals surface area contributed by atoms with Gasteiger partial charge in [-0.1, -0.05) is 0 Å². The zero-order valence-electron chi connectivity index (χ0n) is 9.14. The number of carbonyl (C=O) groups excluding carboxylic acids is 1. The van der Waals surface area contributed by atoms with Crippen molar-refractivity contribution in [1.82, 2.24) is 9.78 Å². The van der Waals surface area contributed by atoms with Crippen LogP contribution in [0.5, 0.6) is 0 Å². The predicted molar refractivity (Wildman–Crippen MR) is 52.2 cm³/mol. The van der Waals surface area contributed by atoms with Gasteiger partial charge in [0, 0.05) is 26.1 Å². The Morgan fingerprint density at radius 3 is 2.56 bits per heavy atom. The SMILES string of the molecule is Cc1nn(C)cc1C(=O)CCCC(F)(F)F. The zero-order valence-corrected chi connectivity index (χ0v) is 9.14. The second kappa shape index (κ2) is 4.67. The second-order valence-electron chi connectivity index (χ2n) is 3.69. The van der Waals surface area contributed by atoms with E-state index < -0.39 is 12.6 Å². The lowest BCUT2D eigenvalue weighted by Gasteiger charge is -2.04. The average molecular weight is 234 g/mol. The van der Waals surface area contributed by atoms with Crippen LogP contribution < -0.4 is 0 Å². The summed E-state index contributed by atoms with van der Waals surface area (Å²) in [5.41, 5.74) is 0.962. The van der Waals surface area contributed by atoms with Crippen molar-refractivity contribution in [3.63, 3.8) is 0 Å². The van der Waals surface area contributed by atoms with E-state index in [1.54, 1.807) is 14.0 Å². The van der Waals surface area contributed by atoms with Crippen molar-refractivity contribution >= 4 is 5.78 Å². The Hall–Kier alpha value is -1.33. The molecule has 0 spiro atoms. The molecule has 1 aromatic heterocycles. The average Bonchev–Trinajstić information content (AvgIpc) is 2.43. The van der Waals surface area contributed by atoms with Gasteiger partial charge >= 0.3 is 6.18 Å². The van der Waals surface area contributed by atoms with E-state index in [4.69, 9.17) is 0 Å². The Morgan fingerprint density at radius 2 is 2.12 bits per heavy atom. The number of Topliss-reactive ketones (excluding diaryl/α,β-unsaturated/α-hetero) is 1. The molecule has 0 aliphatic heterocycles. The van der Waals surface area contributed by atoms with Crippen molar-refractivity contribution in [2.24, 2.45) is 7.05 Å². The van der Waals surface area contributed by atoms with E-state index in [-0.39, 0.29) is 18.6 Å². The molecule has 0 amide bonds. The first kappa shape index (κ1) is 12.7. The number of hydrogen-bond donors (Lipinski definition) is 0. The molecule has 1 aromatic rings. The topological polar surface area (TPSA) is 34.9 Å². The fraction of sp³-hybridized carbons (Fsp3) is 0.600. The fourth-order valence-electron chi connectivity index (χ4n) is 1.46. The molecule has 0 aromatic carbocycles. The van der Waals surface area contributed by atoms with Gasteiger partial charge < -0.3 is 0 Å². The maximum absolute atomic E-state index is 11.9. The van der Waals surface area contributed by atoms with Crippen LogP contribution in [0.2, 0.25) is 0 Å². The molecule has 16 heavy (non-hydrogen) atoms. The number of nitrogens with zero attached hydrogens (tertiary/aromatic N) is 2. The molecule has 3 nitrogen and oxygen atoms in total. The summed E-state index contributed by atoms with van der Waals surface area (Å²) in [5.74, 6) is -0.283. The largest absolute Gasteiger partial charge is 0.389 e. The van der Waals surface area contributed by atoms with E-state index in [1.807, 2.05) is 0 Å². The molecule has 0 bridgehead atoms. The summed E-state index contributed by atoms with van der Waals surface area (Å²) < 4.78 is 37.1. The first-order valence-electron chi connectivity index (χ1n) is 4.90. The van der Waals surface area contributed by atoms with E-state index in [9.17, 15) is 18.0 Å². The Kier molecular flexibility index (Phi) is 3.72. The summed E-state index contributed by atoms with van der Waals surface area (Å²) in [4.78, 5) is 11.5. The van der Waals surface area contributed by atoms with Crippen molar-refractivity contribution in [3.05, 3.63) is 17.5 Å². The molecule has 0 aliphatic carbocycles. The van der Waals surface area contributed by atoms with E-state index in [0.717, 1.165) is 0 Å². The molecule has 0 aliphatic rings. The first-order chi connectivity index (χ1) is 7.29. The third-order valence-corrected chi connectivity index (χ3v) is 2.18. The highest BCUT2D eigenvalue weighted by Gasteiger charge is 2.26. The molecule has 0 radical (unpaired) electrons. The molecule has 0 N–H and O–H groups in total. The summed E-state index contributed by atoms with van der Waals surface area (Å²) >= 11 is 0. The van der Waals surface area contributed by atoms with Gasteiger partial charge in [-0.25, -0.2) is 0 Å².